The van der Waals surface area contributed by atoms with Crippen LogP contribution < -0.4 is 0 Å². The number of hydrogen-bond donors (Lipinski definition) is 0. The number of carbonyl (C=O) groups is 1. The van der Waals surface area contributed by atoms with Crippen LogP contribution >= 0.6 is 11.8 Å². The maximum atomic E-state index is 11.4. The van der Waals surface area contributed by atoms with Crippen molar-refractivity contribution in [1.29, 1.82) is 0 Å². The summed E-state index contributed by atoms with van der Waals surface area (Å²) in [6.45, 7) is 1.55. The fraction of sp³-hybridized carbons (Fsp3) is 0.0588. The van der Waals surface area contributed by atoms with Crippen LogP contribution in [0.15, 0.2) is 65.8 Å². The second kappa shape index (κ2) is 6.49. The lowest BCUT2D eigenvalue weighted by Gasteiger charge is -2.07. The van der Waals surface area contributed by atoms with Crippen LogP contribution in [0.5, 0.6) is 0 Å². The Bertz CT molecular complexity index is 734. The average molecular weight is 307 g/mol. The third-order valence-electron chi connectivity index (χ3n) is 2.92. The first-order valence-electron chi connectivity index (χ1n) is 6.76. The van der Waals surface area contributed by atoms with E-state index in [9.17, 15) is 4.79 Å². The van der Waals surface area contributed by atoms with E-state index < -0.39 is 0 Å². The van der Waals surface area contributed by atoms with Gasteiger partial charge in [0.1, 0.15) is 0 Å². The molecule has 0 bridgehead atoms. The Morgan fingerprint density at radius 3 is 1.82 bits per heavy atom. The van der Waals surface area contributed by atoms with Crippen molar-refractivity contribution in [3.63, 3.8) is 0 Å². The summed E-state index contributed by atoms with van der Waals surface area (Å²) in [4.78, 5) is 25.5. The Morgan fingerprint density at radius 2 is 1.41 bits per heavy atom. The standard InChI is InChI=1S/C17H13N3OS/c1-12(21)22-13-10-16(14-6-2-4-8-18-14)20-17(11-13)15-7-3-5-9-19-15/h2-11H,1H3. The van der Waals surface area contributed by atoms with Crippen LogP contribution in [0.3, 0.4) is 0 Å². The molecule has 0 saturated heterocycles. The molecule has 108 valence electrons. The van der Waals surface area contributed by atoms with Gasteiger partial charge in [0.15, 0.2) is 5.12 Å². The van der Waals surface area contributed by atoms with Crippen molar-refractivity contribution in [3.05, 3.63) is 60.9 Å². The van der Waals surface area contributed by atoms with E-state index in [0.717, 1.165) is 27.7 Å². The molecule has 0 radical (unpaired) electrons. The first-order chi connectivity index (χ1) is 10.7. The lowest BCUT2D eigenvalue weighted by Crippen LogP contribution is -1.94. The Kier molecular flexibility index (Phi) is 4.25. The molecule has 0 aliphatic rings. The number of rotatable bonds is 3. The van der Waals surface area contributed by atoms with Gasteiger partial charge in [-0.3, -0.25) is 14.8 Å². The average Bonchev–Trinajstić information content (AvgIpc) is 2.55. The fourth-order valence-electron chi connectivity index (χ4n) is 2.02. The lowest BCUT2D eigenvalue weighted by atomic mass is 10.2. The predicted octanol–water partition coefficient (Wildman–Crippen LogP) is 3.84. The van der Waals surface area contributed by atoms with E-state index in [2.05, 4.69) is 15.0 Å². The van der Waals surface area contributed by atoms with Gasteiger partial charge < -0.3 is 0 Å². The summed E-state index contributed by atoms with van der Waals surface area (Å²) in [5, 5.41) is 0.0325. The first-order valence-corrected chi connectivity index (χ1v) is 7.57. The lowest BCUT2D eigenvalue weighted by molar-refractivity contribution is -0.109. The van der Waals surface area contributed by atoms with Gasteiger partial charge in [-0.1, -0.05) is 23.9 Å². The molecule has 0 spiro atoms. The zero-order valence-electron chi connectivity index (χ0n) is 11.9. The monoisotopic (exact) mass is 307 g/mol. The maximum Gasteiger partial charge on any atom is 0.190 e. The molecule has 4 nitrogen and oxygen atoms in total. The summed E-state index contributed by atoms with van der Waals surface area (Å²) in [5.41, 5.74) is 3.00. The maximum absolute atomic E-state index is 11.4. The van der Waals surface area contributed by atoms with E-state index in [4.69, 9.17) is 0 Å². The third-order valence-corrected chi connectivity index (χ3v) is 3.67. The number of pyridine rings is 3. The van der Waals surface area contributed by atoms with Crippen molar-refractivity contribution < 1.29 is 4.79 Å². The first kappa shape index (κ1) is 14.4. The van der Waals surface area contributed by atoms with Gasteiger partial charge in [0.05, 0.1) is 22.8 Å². The smallest absolute Gasteiger partial charge is 0.190 e. The molecule has 3 heterocycles. The zero-order valence-corrected chi connectivity index (χ0v) is 12.7. The van der Waals surface area contributed by atoms with Crippen molar-refractivity contribution in [2.45, 2.75) is 11.8 Å². The van der Waals surface area contributed by atoms with Crippen LogP contribution in [0, 0.1) is 0 Å². The molecular formula is C17H13N3OS. The highest BCUT2D eigenvalue weighted by molar-refractivity contribution is 8.13. The molecule has 3 aromatic rings. The summed E-state index contributed by atoms with van der Waals surface area (Å²) >= 11 is 1.18. The van der Waals surface area contributed by atoms with Crippen LogP contribution in [-0.4, -0.2) is 20.1 Å². The Balaban J connectivity index is 2.12. The van der Waals surface area contributed by atoms with Gasteiger partial charge in [0.2, 0.25) is 0 Å². The summed E-state index contributed by atoms with van der Waals surface area (Å²) in [5.74, 6) is 0. The van der Waals surface area contributed by atoms with Crippen LogP contribution in [0.2, 0.25) is 0 Å². The second-order valence-electron chi connectivity index (χ2n) is 4.60. The van der Waals surface area contributed by atoms with Crippen LogP contribution in [0.4, 0.5) is 0 Å². The Labute approximate surface area is 132 Å². The van der Waals surface area contributed by atoms with Gasteiger partial charge >= 0.3 is 0 Å². The van der Waals surface area contributed by atoms with Crippen LogP contribution in [0.25, 0.3) is 22.8 Å². The molecule has 0 aliphatic heterocycles. The second-order valence-corrected chi connectivity index (χ2v) is 5.85. The molecule has 0 aliphatic carbocycles. The highest BCUT2D eigenvalue weighted by atomic mass is 32.2. The third kappa shape index (κ3) is 3.38. The number of aromatic nitrogens is 3. The highest BCUT2D eigenvalue weighted by Gasteiger charge is 2.10. The summed E-state index contributed by atoms with van der Waals surface area (Å²) in [6, 6.07) is 15.1. The molecule has 5 heteroatoms. The Morgan fingerprint density at radius 1 is 0.864 bits per heavy atom. The molecule has 0 unspecified atom stereocenters. The van der Waals surface area contributed by atoms with Gasteiger partial charge in [-0.2, -0.15) is 0 Å². The van der Waals surface area contributed by atoms with E-state index in [-0.39, 0.29) is 5.12 Å². The van der Waals surface area contributed by atoms with E-state index in [1.807, 2.05) is 48.5 Å². The SMILES string of the molecule is CC(=O)Sc1cc(-c2ccccn2)nc(-c2ccccn2)c1. The molecular weight excluding hydrogens is 294 g/mol. The van der Waals surface area contributed by atoms with Crippen molar-refractivity contribution >= 4 is 16.9 Å². The number of thioether (sulfide) groups is 1. The molecule has 22 heavy (non-hydrogen) atoms. The van der Waals surface area contributed by atoms with E-state index >= 15 is 0 Å². The molecule has 3 aromatic heterocycles. The van der Waals surface area contributed by atoms with E-state index in [1.54, 1.807) is 19.3 Å². The minimum Gasteiger partial charge on any atom is -0.287 e. The quantitative estimate of drug-likeness (QED) is 0.688. The fourth-order valence-corrected chi connectivity index (χ4v) is 2.69. The zero-order chi connectivity index (χ0) is 15.4. The van der Waals surface area contributed by atoms with Crippen molar-refractivity contribution in [2.24, 2.45) is 0 Å². The largest absolute Gasteiger partial charge is 0.287 e. The normalized spacial score (nSPS) is 10.4. The molecule has 0 aromatic carbocycles. The Hall–Kier alpha value is -2.53. The van der Waals surface area contributed by atoms with Gasteiger partial charge in [-0.05, 0) is 36.4 Å². The summed E-state index contributed by atoms with van der Waals surface area (Å²) in [6.07, 6.45) is 3.45. The van der Waals surface area contributed by atoms with E-state index in [0.29, 0.717) is 0 Å². The predicted molar refractivity (Wildman–Crippen MR) is 87.2 cm³/mol. The summed E-state index contributed by atoms with van der Waals surface area (Å²) < 4.78 is 0. The number of hydrogen-bond acceptors (Lipinski definition) is 5. The van der Waals surface area contributed by atoms with E-state index in [1.165, 1.54) is 11.8 Å². The topological polar surface area (TPSA) is 55.7 Å². The highest BCUT2D eigenvalue weighted by Crippen LogP contribution is 2.28. The van der Waals surface area contributed by atoms with Gasteiger partial charge in [0, 0.05) is 24.2 Å². The van der Waals surface area contributed by atoms with Gasteiger partial charge in [0.25, 0.3) is 0 Å². The molecule has 0 saturated carbocycles. The van der Waals surface area contributed by atoms with Gasteiger partial charge in [-0.25, -0.2) is 4.98 Å². The van der Waals surface area contributed by atoms with Crippen molar-refractivity contribution in [1.82, 2.24) is 15.0 Å². The van der Waals surface area contributed by atoms with Crippen molar-refractivity contribution in [3.8, 4) is 22.8 Å². The molecule has 0 fully saturated rings. The number of nitrogens with zero attached hydrogens (tertiary/aromatic N) is 3. The number of carbonyl (C=O) groups excluding carboxylic acids is 1. The summed E-state index contributed by atoms with van der Waals surface area (Å²) in [7, 11) is 0. The van der Waals surface area contributed by atoms with Crippen LogP contribution in [0.1, 0.15) is 6.92 Å². The molecule has 0 amide bonds. The molecule has 3 rings (SSSR count). The van der Waals surface area contributed by atoms with Crippen LogP contribution in [-0.2, 0) is 4.79 Å². The minimum atomic E-state index is 0.0325. The van der Waals surface area contributed by atoms with Crippen molar-refractivity contribution in [2.75, 3.05) is 0 Å². The molecule has 0 atom stereocenters. The molecule has 0 N–H and O–H groups in total. The van der Waals surface area contributed by atoms with Gasteiger partial charge in [-0.15, -0.1) is 0 Å². The minimum absolute atomic E-state index is 0.0325.